The lowest BCUT2D eigenvalue weighted by molar-refractivity contribution is 0.182. The Morgan fingerprint density at radius 3 is 2.41 bits per heavy atom. The number of aliphatic hydroxyl groups excluding tert-OH is 1. The molecule has 0 amide bonds. The van der Waals surface area contributed by atoms with Gasteiger partial charge in [-0.3, -0.25) is 0 Å². The molecule has 2 rings (SSSR count). The standard InChI is InChI=1S/C12H9Br2ClOS/c13-8-3-1-7(2-4-8)5-10(16)11-6-9(15)12(14)17-11/h1-4,6,10,16H,5H2. The zero-order chi connectivity index (χ0) is 12.4. The highest BCUT2D eigenvalue weighted by atomic mass is 79.9. The highest BCUT2D eigenvalue weighted by Gasteiger charge is 2.13. The van der Waals surface area contributed by atoms with Gasteiger partial charge in [-0.15, -0.1) is 11.3 Å². The van der Waals surface area contributed by atoms with E-state index in [-0.39, 0.29) is 0 Å². The van der Waals surface area contributed by atoms with Crippen molar-refractivity contribution < 1.29 is 5.11 Å². The maximum absolute atomic E-state index is 10.1. The fourth-order valence-electron chi connectivity index (χ4n) is 1.47. The van der Waals surface area contributed by atoms with Crippen molar-refractivity contribution in [3.05, 3.63) is 54.1 Å². The highest BCUT2D eigenvalue weighted by Crippen LogP contribution is 2.36. The van der Waals surface area contributed by atoms with Crippen molar-refractivity contribution in [2.45, 2.75) is 12.5 Å². The van der Waals surface area contributed by atoms with E-state index in [9.17, 15) is 5.11 Å². The van der Waals surface area contributed by atoms with Gasteiger partial charge in [0.1, 0.15) is 0 Å². The molecule has 1 N–H and O–H groups in total. The van der Waals surface area contributed by atoms with Gasteiger partial charge >= 0.3 is 0 Å². The van der Waals surface area contributed by atoms with Crippen molar-refractivity contribution in [2.75, 3.05) is 0 Å². The summed E-state index contributed by atoms with van der Waals surface area (Å²) in [6.07, 6.45) is 0.0845. The van der Waals surface area contributed by atoms with Gasteiger partial charge < -0.3 is 5.11 Å². The molecule has 0 saturated carbocycles. The maximum Gasteiger partial charge on any atom is 0.0923 e. The predicted molar refractivity (Wildman–Crippen MR) is 79.8 cm³/mol. The van der Waals surface area contributed by atoms with E-state index in [0.29, 0.717) is 11.4 Å². The summed E-state index contributed by atoms with van der Waals surface area (Å²) < 4.78 is 1.90. The molecule has 17 heavy (non-hydrogen) atoms. The minimum atomic E-state index is -0.509. The number of benzene rings is 1. The molecular formula is C12H9Br2ClOS. The first-order valence-corrected chi connectivity index (χ1v) is 7.71. The molecule has 0 spiro atoms. The van der Waals surface area contributed by atoms with E-state index in [4.69, 9.17) is 11.6 Å². The number of hydrogen-bond acceptors (Lipinski definition) is 2. The molecule has 0 fully saturated rings. The number of hydrogen-bond donors (Lipinski definition) is 1. The second-order valence-corrected chi connectivity index (χ2v) is 7.34. The van der Waals surface area contributed by atoms with Crippen LogP contribution in [-0.2, 0) is 6.42 Å². The molecule has 0 aliphatic heterocycles. The van der Waals surface area contributed by atoms with Crippen LogP contribution >= 0.6 is 54.8 Å². The van der Waals surface area contributed by atoms with E-state index in [1.807, 2.05) is 24.3 Å². The van der Waals surface area contributed by atoms with E-state index < -0.39 is 6.10 Å². The Hall–Kier alpha value is 0.130. The van der Waals surface area contributed by atoms with Crippen molar-refractivity contribution in [3.8, 4) is 0 Å². The van der Waals surface area contributed by atoms with Gasteiger partial charge in [0.25, 0.3) is 0 Å². The van der Waals surface area contributed by atoms with Crippen LogP contribution in [0.15, 0.2) is 38.6 Å². The summed E-state index contributed by atoms with van der Waals surface area (Å²) in [7, 11) is 0. The molecule has 0 aliphatic rings. The molecule has 0 radical (unpaired) electrons. The molecule has 5 heteroatoms. The Balaban J connectivity index is 2.11. The van der Waals surface area contributed by atoms with Gasteiger partial charge in [0.05, 0.1) is 14.9 Å². The first-order valence-electron chi connectivity index (χ1n) is 4.93. The van der Waals surface area contributed by atoms with Crippen LogP contribution in [0.5, 0.6) is 0 Å². The zero-order valence-corrected chi connectivity index (χ0v) is 13.4. The molecule has 0 aliphatic carbocycles. The third kappa shape index (κ3) is 3.55. The lowest BCUT2D eigenvalue weighted by atomic mass is 10.1. The van der Waals surface area contributed by atoms with Crippen LogP contribution in [0.25, 0.3) is 0 Å². The SMILES string of the molecule is OC(Cc1ccc(Br)cc1)c1cc(Cl)c(Br)s1. The van der Waals surface area contributed by atoms with Gasteiger partial charge in [0.2, 0.25) is 0 Å². The fourth-order valence-corrected chi connectivity index (χ4v) is 3.47. The van der Waals surface area contributed by atoms with Gasteiger partial charge in [-0.1, -0.05) is 39.7 Å². The van der Waals surface area contributed by atoms with Crippen LogP contribution in [0.3, 0.4) is 0 Å². The van der Waals surface area contributed by atoms with Gasteiger partial charge in [-0.05, 0) is 39.7 Å². The molecular weight excluding hydrogens is 387 g/mol. The molecule has 0 saturated heterocycles. The van der Waals surface area contributed by atoms with Crippen LogP contribution in [-0.4, -0.2) is 5.11 Å². The lowest BCUT2D eigenvalue weighted by Gasteiger charge is -2.08. The van der Waals surface area contributed by atoms with E-state index in [1.165, 1.54) is 11.3 Å². The summed E-state index contributed by atoms with van der Waals surface area (Å²) in [5.74, 6) is 0. The first kappa shape index (κ1) is 13.6. The summed E-state index contributed by atoms with van der Waals surface area (Å²) in [6, 6.07) is 9.74. The van der Waals surface area contributed by atoms with Gasteiger partial charge in [-0.2, -0.15) is 0 Å². The highest BCUT2D eigenvalue weighted by molar-refractivity contribution is 9.11. The minimum Gasteiger partial charge on any atom is -0.387 e. The Morgan fingerprint density at radius 2 is 1.88 bits per heavy atom. The number of rotatable bonds is 3. The zero-order valence-electron chi connectivity index (χ0n) is 8.66. The average molecular weight is 397 g/mol. The Bertz CT molecular complexity index is 490. The molecule has 1 aromatic heterocycles. The Morgan fingerprint density at radius 1 is 1.24 bits per heavy atom. The summed E-state index contributed by atoms with van der Waals surface area (Å²) in [4.78, 5) is 0.879. The predicted octanol–water partition coefficient (Wildman–Crippen LogP) is 5.20. The quantitative estimate of drug-likeness (QED) is 0.756. The number of aliphatic hydroxyl groups is 1. The Labute approximate surface area is 126 Å². The summed E-state index contributed by atoms with van der Waals surface area (Å²) >= 11 is 14.1. The molecule has 1 nitrogen and oxygen atoms in total. The summed E-state index contributed by atoms with van der Waals surface area (Å²) in [5, 5.41) is 10.8. The van der Waals surface area contributed by atoms with Crippen LogP contribution < -0.4 is 0 Å². The van der Waals surface area contributed by atoms with Gasteiger partial charge in [0, 0.05) is 15.8 Å². The van der Waals surface area contributed by atoms with Crippen molar-refractivity contribution in [3.63, 3.8) is 0 Å². The summed E-state index contributed by atoms with van der Waals surface area (Å²) in [5.41, 5.74) is 1.10. The van der Waals surface area contributed by atoms with Crippen LogP contribution in [0.4, 0.5) is 0 Å². The molecule has 1 atom stereocenters. The van der Waals surface area contributed by atoms with E-state index >= 15 is 0 Å². The third-order valence-electron chi connectivity index (χ3n) is 2.33. The average Bonchev–Trinajstić information content (AvgIpc) is 2.63. The molecule has 90 valence electrons. The maximum atomic E-state index is 10.1. The largest absolute Gasteiger partial charge is 0.387 e. The van der Waals surface area contributed by atoms with E-state index in [1.54, 1.807) is 6.07 Å². The van der Waals surface area contributed by atoms with Crippen LogP contribution in [0, 0.1) is 0 Å². The van der Waals surface area contributed by atoms with Gasteiger partial charge in [0.15, 0.2) is 0 Å². The topological polar surface area (TPSA) is 20.2 Å². The normalized spacial score (nSPS) is 12.7. The molecule has 0 bridgehead atoms. The van der Waals surface area contributed by atoms with Crippen molar-refractivity contribution >= 4 is 54.8 Å². The first-order chi connectivity index (χ1) is 8.06. The van der Waals surface area contributed by atoms with Crippen LogP contribution in [0.2, 0.25) is 5.02 Å². The second kappa shape index (κ2) is 5.85. The van der Waals surface area contributed by atoms with Crippen molar-refractivity contribution in [1.82, 2.24) is 0 Å². The third-order valence-corrected chi connectivity index (χ3v) is 5.44. The number of thiophene rings is 1. The molecule has 2 aromatic rings. The van der Waals surface area contributed by atoms with Gasteiger partial charge in [-0.25, -0.2) is 0 Å². The van der Waals surface area contributed by atoms with Crippen LogP contribution in [0.1, 0.15) is 16.5 Å². The smallest absolute Gasteiger partial charge is 0.0923 e. The monoisotopic (exact) mass is 394 g/mol. The molecule has 1 aromatic carbocycles. The number of halogens is 3. The fraction of sp³-hybridized carbons (Fsp3) is 0.167. The van der Waals surface area contributed by atoms with Crippen molar-refractivity contribution in [1.29, 1.82) is 0 Å². The lowest BCUT2D eigenvalue weighted by Crippen LogP contribution is -1.99. The van der Waals surface area contributed by atoms with Crippen molar-refractivity contribution in [2.24, 2.45) is 0 Å². The second-order valence-electron chi connectivity index (χ2n) is 3.62. The van der Waals surface area contributed by atoms with E-state index in [2.05, 4.69) is 31.9 Å². The van der Waals surface area contributed by atoms with E-state index in [0.717, 1.165) is 18.7 Å². The summed E-state index contributed by atoms with van der Waals surface area (Å²) in [6.45, 7) is 0. The molecule has 1 heterocycles. The Kier molecular flexibility index (Phi) is 4.66. The molecule has 1 unspecified atom stereocenters. The minimum absolute atomic E-state index is 0.509.